The molecule has 2 fully saturated rings. The number of hydrogen-bond acceptors (Lipinski definition) is 17. The van der Waals surface area contributed by atoms with Crippen LogP contribution in [-0.4, -0.2) is 169 Å². The molecule has 2 saturated heterocycles. The zero-order valence-electron chi connectivity index (χ0n) is 43.8. The van der Waals surface area contributed by atoms with E-state index in [0.717, 1.165) is 37.2 Å². The van der Waals surface area contributed by atoms with Crippen molar-refractivity contribution < 1.29 is 61.8 Å². The molecule has 0 bridgehead atoms. The number of aliphatic imine (C=N–C) groups is 2. The third-order valence-corrected chi connectivity index (χ3v) is 13.1. The molecule has 0 spiro atoms. The molecule has 0 saturated carbocycles. The van der Waals surface area contributed by atoms with Crippen molar-refractivity contribution in [2.75, 3.05) is 107 Å². The van der Waals surface area contributed by atoms with Crippen molar-refractivity contribution in [2.24, 2.45) is 9.98 Å². The Labute approximate surface area is 434 Å². The lowest BCUT2D eigenvalue weighted by molar-refractivity contribution is -0.144. The van der Waals surface area contributed by atoms with Crippen molar-refractivity contribution in [1.29, 1.82) is 0 Å². The fourth-order valence-electron chi connectivity index (χ4n) is 9.07. The number of methoxy groups -OCH3 is 3. The van der Waals surface area contributed by atoms with Crippen LogP contribution < -0.4 is 23.7 Å². The van der Waals surface area contributed by atoms with E-state index in [-0.39, 0.29) is 82.3 Å². The van der Waals surface area contributed by atoms with Crippen LogP contribution in [0.15, 0.2) is 69.7 Å². The first-order valence-corrected chi connectivity index (χ1v) is 25.5. The highest BCUT2D eigenvalue weighted by atomic mass is 16.6. The molecule has 1 unspecified atom stereocenters. The molecule has 4 aliphatic heterocycles. The van der Waals surface area contributed by atoms with Crippen LogP contribution in [0.5, 0.6) is 28.7 Å². The summed E-state index contributed by atoms with van der Waals surface area (Å²) in [4.78, 5) is 60.1. The second kappa shape index (κ2) is 28.3. The van der Waals surface area contributed by atoms with Gasteiger partial charge in [0.2, 0.25) is 5.91 Å². The van der Waals surface area contributed by atoms with Gasteiger partial charge in [-0.3, -0.25) is 34.3 Å². The molecule has 74 heavy (non-hydrogen) atoms. The first-order chi connectivity index (χ1) is 36.1. The van der Waals surface area contributed by atoms with E-state index in [1.807, 2.05) is 36.4 Å². The van der Waals surface area contributed by atoms with Gasteiger partial charge in [-0.1, -0.05) is 23.3 Å². The summed E-state index contributed by atoms with van der Waals surface area (Å²) in [5.74, 6) is 1.72. The molecular formula is C55H72N6O13. The number of fused-ring (bicyclic) bond motifs is 4. The van der Waals surface area contributed by atoms with Crippen molar-refractivity contribution >= 4 is 41.6 Å². The zero-order valence-corrected chi connectivity index (χ0v) is 43.8. The first-order valence-electron chi connectivity index (χ1n) is 25.5. The van der Waals surface area contributed by atoms with E-state index in [2.05, 4.69) is 24.0 Å². The summed E-state index contributed by atoms with van der Waals surface area (Å²) in [6, 6.07) is 10.9. The lowest BCUT2D eigenvalue weighted by Gasteiger charge is -2.23. The molecule has 5 heterocycles. The number of carbonyl (C=O) groups excluding carboxylic acids is 3. The predicted octanol–water partition coefficient (Wildman–Crippen LogP) is 7.01. The van der Waals surface area contributed by atoms with Crippen molar-refractivity contribution in [3.05, 3.63) is 82.2 Å². The van der Waals surface area contributed by atoms with Crippen molar-refractivity contribution in [1.82, 2.24) is 19.7 Å². The van der Waals surface area contributed by atoms with E-state index in [1.54, 1.807) is 50.3 Å². The average Bonchev–Trinajstić information content (AvgIpc) is 3.94. The van der Waals surface area contributed by atoms with Gasteiger partial charge in [0, 0.05) is 82.4 Å². The van der Waals surface area contributed by atoms with E-state index >= 15 is 0 Å². The van der Waals surface area contributed by atoms with E-state index in [9.17, 15) is 14.4 Å². The van der Waals surface area contributed by atoms with Crippen molar-refractivity contribution in [3.8, 4) is 28.7 Å². The highest BCUT2D eigenvalue weighted by Crippen LogP contribution is 2.41. The summed E-state index contributed by atoms with van der Waals surface area (Å²) in [6.07, 6.45) is 10.5. The second-order valence-electron chi connectivity index (χ2n) is 18.1. The fourth-order valence-corrected chi connectivity index (χ4v) is 9.07. The number of pyridine rings is 1. The summed E-state index contributed by atoms with van der Waals surface area (Å²) in [5, 5.41) is 0. The minimum Gasteiger partial charge on any atom is -0.493 e. The van der Waals surface area contributed by atoms with Crippen LogP contribution in [0.4, 0.5) is 11.4 Å². The third-order valence-electron chi connectivity index (χ3n) is 13.1. The van der Waals surface area contributed by atoms with Crippen LogP contribution in [0.2, 0.25) is 0 Å². The number of ether oxygens (including phenoxy) is 10. The predicted molar refractivity (Wildman–Crippen MR) is 278 cm³/mol. The van der Waals surface area contributed by atoms with E-state index in [4.69, 9.17) is 62.3 Å². The quantitative estimate of drug-likeness (QED) is 0.0392. The minimum atomic E-state index is -0.322. The first kappa shape index (κ1) is 55.4. The number of aromatic nitrogens is 1. The molecule has 2 atom stereocenters. The average molecular weight is 1030 g/mol. The van der Waals surface area contributed by atoms with Crippen molar-refractivity contribution in [3.63, 3.8) is 0 Å². The number of rotatable bonds is 29. The summed E-state index contributed by atoms with van der Waals surface area (Å²) in [5.41, 5.74) is 6.43. The van der Waals surface area contributed by atoms with Gasteiger partial charge in [0.15, 0.2) is 23.0 Å². The summed E-state index contributed by atoms with van der Waals surface area (Å²) in [6.45, 7) is 11.8. The number of amides is 2. The van der Waals surface area contributed by atoms with Crippen LogP contribution >= 0.6 is 0 Å². The maximum Gasteiger partial charge on any atom is 0.305 e. The Hall–Kier alpha value is -6.38. The molecular weight excluding hydrogens is 953 g/mol. The van der Waals surface area contributed by atoms with Gasteiger partial charge in [-0.15, -0.1) is 0 Å². The summed E-state index contributed by atoms with van der Waals surface area (Å²) < 4.78 is 57.6. The maximum atomic E-state index is 13.8. The van der Waals surface area contributed by atoms with Crippen LogP contribution in [-0.2, 0) is 53.0 Å². The third kappa shape index (κ3) is 15.3. The Morgan fingerprint density at radius 3 is 1.97 bits per heavy atom. The SMILES string of the molecule is C/C=C1\CC2C=Nc3cc(OCc4cc(OCCN(CCCC(=O)OCC)C(=O)CCOCCOCCOCCOC)cc(COc5cc6c(cc5OC)C(=O)N5C/C(=C/C)C[C@H]5C=N6)n4)c(OC)cc3CN2C1. The number of allylic oxidation sites excluding steroid dienone is 2. The molecule has 19 nitrogen and oxygen atoms in total. The number of nitrogens with zero attached hydrogens (tertiary/aromatic N) is 6. The normalized spacial score (nSPS) is 17.9. The topological polar surface area (TPSA) is 191 Å². The van der Waals surface area contributed by atoms with Crippen LogP contribution in [0.1, 0.15) is 80.2 Å². The molecule has 7 rings (SSSR count). The Morgan fingerprint density at radius 2 is 1.30 bits per heavy atom. The van der Waals surface area contributed by atoms with E-state index in [1.165, 1.54) is 18.3 Å². The van der Waals surface area contributed by atoms with Gasteiger partial charge in [-0.05, 0) is 57.7 Å². The molecule has 4 aliphatic rings. The molecule has 0 N–H and O–H groups in total. The lowest BCUT2D eigenvalue weighted by Crippen LogP contribution is -2.36. The van der Waals surface area contributed by atoms with Gasteiger partial charge in [0.1, 0.15) is 25.6 Å². The molecule has 400 valence electrons. The number of esters is 1. The fraction of sp³-hybridized carbons (Fsp3) is 0.527. The van der Waals surface area contributed by atoms with Crippen LogP contribution in [0.3, 0.4) is 0 Å². The molecule has 0 aliphatic carbocycles. The molecule has 3 aromatic rings. The van der Waals surface area contributed by atoms with Gasteiger partial charge >= 0.3 is 5.97 Å². The van der Waals surface area contributed by atoms with Gasteiger partial charge in [0.25, 0.3) is 5.91 Å². The largest absolute Gasteiger partial charge is 0.493 e. The van der Waals surface area contributed by atoms with Gasteiger partial charge in [0.05, 0.1) is 114 Å². The van der Waals surface area contributed by atoms with Crippen molar-refractivity contribution in [2.45, 2.75) is 84.7 Å². The number of benzene rings is 2. The summed E-state index contributed by atoms with van der Waals surface area (Å²) >= 11 is 0. The second-order valence-corrected chi connectivity index (χ2v) is 18.1. The molecule has 0 radical (unpaired) electrons. The van der Waals surface area contributed by atoms with Gasteiger partial charge in [-0.2, -0.15) is 0 Å². The lowest BCUT2D eigenvalue weighted by atomic mass is 10.1. The van der Waals surface area contributed by atoms with Crippen LogP contribution in [0, 0.1) is 0 Å². The zero-order chi connectivity index (χ0) is 52.2. The molecule has 1 aromatic heterocycles. The smallest absolute Gasteiger partial charge is 0.305 e. The highest BCUT2D eigenvalue weighted by Gasteiger charge is 2.35. The van der Waals surface area contributed by atoms with E-state index in [0.29, 0.717) is 111 Å². The molecule has 19 heteroatoms. The number of hydrogen-bond donors (Lipinski definition) is 0. The van der Waals surface area contributed by atoms with Gasteiger partial charge < -0.3 is 57.2 Å². The van der Waals surface area contributed by atoms with Crippen LogP contribution in [0.25, 0.3) is 0 Å². The Bertz CT molecular complexity index is 2510. The monoisotopic (exact) mass is 1020 g/mol. The van der Waals surface area contributed by atoms with Gasteiger partial charge in [-0.25, -0.2) is 0 Å². The Kier molecular flexibility index (Phi) is 21.2. The Morgan fingerprint density at radius 1 is 0.676 bits per heavy atom. The highest BCUT2D eigenvalue weighted by molar-refractivity contribution is 6.04. The standard InChI is InChI=1S/C55H72N6O13/c1-7-38-23-43-31-56-47-29-51(49(66-5)25-40(47)35-60(43)33-38)73-36-41-26-45(72-16-14-59(13-10-11-54(63)71-9-3)53(62)12-15-68-19-20-70-22-21-69-18-17-65-4)27-42(58-41)37-74-52-30-48-46(28-50(52)67-6)55(64)61-34-39(8-2)24-44(61)32-57-48/h7-8,25-32,43-44H,9-24,33-37H2,1-6H3/b38-7+,39-8+/t43?,44-/m0/s1. The molecule has 2 aromatic carbocycles. The Balaban J connectivity index is 1.05. The maximum absolute atomic E-state index is 13.8. The number of carbonyl (C=O) groups is 3. The minimum absolute atomic E-state index is 0.00836. The molecule has 2 amide bonds. The summed E-state index contributed by atoms with van der Waals surface area (Å²) in [7, 11) is 4.77. The van der Waals surface area contributed by atoms with E-state index < -0.39 is 0 Å².